The SMILES string of the molecule is CSc1ccc(C(=O)N2C[C@@H]3C(C)(C)C[C@]3(CO)C2)cc1. The van der Waals surface area contributed by atoms with Gasteiger partial charge in [-0.15, -0.1) is 11.8 Å². The molecule has 1 aromatic carbocycles. The minimum absolute atomic E-state index is 0.0572. The Balaban J connectivity index is 1.77. The quantitative estimate of drug-likeness (QED) is 0.873. The molecular weight excluding hydrogens is 282 g/mol. The van der Waals surface area contributed by atoms with E-state index < -0.39 is 0 Å². The molecule has 1 amide bonds. The first kappa shape index (κ1) is 14.9. The van der Waals surface area contributed by atoms with Crippen LogP contribution in [-0.2, 0) is 0 Å². The highest BCUT2D eigenvalue weighted by Gasteiger charge is 2.63. The molecule has 0 spiro atoms. The Hall–Kier alpha value is -1.00. The highest BCUT2D eigenvalue weighted by molar-refractivity contribution is 7.98. The standard InChI is InChI=1S/C17H23NO2S/c1-16(2)9-17(11-19)10-18(8-14(16)17)15(20)12-4-6-13(21-3)7-5-12/h4-7,14,19H,8-11H2,1-3H3/t14-,17-/m1/s1. The lowest BCUT2D eigenvalue weighted by Gasteiger charge is -2.55. The van der Waals surface area contributed by atoms with Crippen LogP contribution < -0.4 is 0 Å². The van der Waals surface area contributed by atoms with Crippen molar-refractivity contribution in [1.29, 1.82) is 0 Å². The highest BCUT2D eigenvalue weighted by Crippen LogP contribution is 2.62. The van der Waals surface area contributed by atoms with Crippen molar-refractivity contribution in [3.8, 4) is 0 Å². The molecule has 2 aliphatic rings. The summed E-state index contributed by atoms with van der Waals surface area (Å²) in [7, 11) is 0. The Kier molecular flexibility index (Phi) is 3.57. The van der Waals surface area contributed by atoms with Gasteiger partial charge in [-0.3, -0.25) is 4.79 Å². The summed E-state index contributed by atoms with van der Waals surface area (Å²) in [5, 5.41) is 9.78. The first-order valence-electron chi connectivity index (χ1n) is 7.46. The van der Waals surface area contributed by atoms with E-state index in [0.717, 1.165) is 18.5 Å². The lowest BCUT2D eigenvalue weighted by atomic mass is 9.48. The van der Waals surface area contributed by atoms with E-state index in [-0.39, 0.29) is 23.3 Å². The summed E-state index contributed by atoms with van der Waals surface area (Å²) in [4.78, 5) is 15.8. The fourth-order valence-corrected chi connectivity index (χ4v) is 4.82. The van der Waals surface area contributed by atoms with Gasteiger partial charge in [0.15, 0.2) is 0 Å². The van der Waals surface area contributed by atoms with Crippen LogP contribution in [0, 0.1) is 16.7 Å². The van der Waals surface area contributed by atoms with Gasteiger partial charge in [0.1, 0.15) is 0 Å². The Morgan fingerprint density at radius 2 is 2.05 bits per heavy atom. The molecule has 1 aliphatic carbocycles. The van der Waals surface area contributed by atoms with Crippen LogP contribution in [0.4, 0.5) is 0 Å². The van der Waals surface area contributed by atoms with E-state index in [9.17, 15) is 9.90 Å². The molecule has 0 aromatic heterocycles. The van der Waals surface area contributed by atoms with Crippen molar-refractivity contribution in [3.05, 3.63) is 29.8 Å². The molecule has 1 saturated heterocycles. The molecule has 2 fully saturated rings. The highest BCUT2D eigenvalue weighted by atomic mass is 32.2. The topological polar surface area (TPSA) is 40.5 Å². The van der Waals surface area contributed by atoms with E-state index in [1.165, 1.54) is 4.90 Å². The number of fused-ring (bicyclic) bond motifs is 1. The molecule has 1 aromatic rings. The fraction of sp³-hybridized carbons (Fsp3) is 0.588. The summed E-state index contributed by atoms with van der Waals surface area (Å²) in [5.41, 5.74) is 0.929. The zero-order valence-corrected chi connectivity index (χ0v) is 13.7. The van der Waals surface area contributed by atoms with Crippen molar-refractivity contribution in [2.24, 2.45) is 16.7 Å². The molecule has 4 heteroatoms. The van der Waals surface area contributed by atoms with Gasteiger partial charge in [0.25, 0.3) is 5.91 Å². The van der Waals surface area contributed by atoms with Crippen molar-refractivity contribution in [3.63, 3.8) is 0 Å². The number of hydrogen-bond donors (Lipinski definition) is 1. The molecule has 1 aliphatic heterocycles. The monoisotopic (exact) mass is 305 g/mol. The largest absolute Gasteiger partial charge is 0.396 e. The van der Waals surface area contributed by atoms with Gasteiger partial charge in [-0.25, -0.2) is 0 Å². The molecule has 0 unspecified atom stereocenters. The Bertz CT molecular complexity index is 554. The summed E-state index contributed by atoms with van der Waals surface area (Å²) < 4.78 is 0. The summed E-state index contributed by atoms with van der Waals surface area (Å²) in [6.45, 7) is 6.15. The van der Waals surface area contributed by atoms with Gasteiger partial charge < -0.3 is 10.0 Å². The van der Waals surface area contributed by atoms with Crippen molar-refractivity contribution in [2.75, 3.05) is 26.0 Å². The summed E-state index contributed by atoms with van der Waals surface area (Å²) >= 11 is 1.68. The zero-order valence-electron chi connectivity index (χ0n) is 12.9. The third kappa shape index (κ3) is 2.29. The molecule has 2 atom stereocenters. The molecule has 1 saturated carbocycles. The number of nitrogens with zero attached hydrogens (tertiary/aromatic N) is 1. The van der Waals surface area contributed by atoms with Crippen LogP contribution in [0.5, 0.6) is 0 Å². The van der Waals surface area contributed by atoms with Crippen LogP contribution in [0.25, 0.3) is 0 Å². The number of amides is 1. The predicted molar refractivity (Wildman–Crippen MR) is 85.5 cm³/mol. The summed E-state index contributed by atoms with van der Waals surface area (Å²) in [5.74, 6) is 0.519. The molecular formula is C17H23NO2S. The van der Waals surface area contributed by atoms with Gasteiger partial charge >= 0.3 is 0 Å². The van der Waals surface area contributed by atoms with E-state index in [4.69, 9.17) is 0 Å². The summed E-state index contributed by atoms with van der Waals surface area (Å²) in [6.07, 6.45) is 3.04. The molecule has 21 heavy (non-hydrogen) atoms. The maximum Gasteiger partial charge on any atom is 0.253 e. The van der Waals surface area contributed by atoms with Crippen LogP contribution in [0.1, 0.15) is 30.6 Å². The van der Waals surface area contributed by atoms with Crippen molar-refractivity contribution < 1.29 is 9.90 Å². The number of benzene rings is 1. The third-order valence-electron chi connectivity index (χ3n) is 5.34. The fourth-order valence-electron chi connectivity index (χ4n) is 4.41. The molecule has 0 bridgehead atoms. The summed E-state index contributed by atoms with van der Waals surface area (Å²) in [6, 6.07) is 7.80. The van der Waals surface area contributed by atoms with Crippen LogP contribution in [0.15, 0.2) is 29.2 Å². The molecule has 3 nitrogen and oxygen atoms in total. The minimum Gasteiger partial charge on any atom is -0.396 e. The Morgan fingerprint density at radius 3 is 2.52 bits per heavy atom. The first-order valence-corrected chi connectivity index (χ1v) is 8.68. The third-order valence-corrected chi connectivity index (χ3v) is 6.08. The maximum atomic E-state index is 12.7. The van der Waals surface area contributed by atoms with E-state index in [1.54, 1.807) is 11.8 Å². The zero-order chi connectivity index (χ0) is 15.3. The second kappa shape index (κ2) is 5.03. The van der Waals surface area contributed by atoms with Crippen LogP contribution in [0.2, 0.25) is 0 Å². The number of likely N-dealkylation sites (tertiary alicyclic amines) is 1. The average Bonchev–Trinajstić information content (AvgIpc) is 2.82. The second-order valence-electron chi connectivity index (χ2n) is 7.15. The minimum atomic E-state index is -0.0572. The van der Waals surface area contributed by atoms with Gasteiger partial charge in [-0.05, 0) is 48.3 Å². The van der Waals surface area contributed by atoms with Gasteiger partial charge in [0, 0.05) is 29.0 Å². The second-order valence-corrected chi connectivity index (χ2v) is 8.03. The normalized spacial score (nSPS) is 29.9. The number of thioether (sulfide) groups is 1. The number of aliphatic hydroxyl groups excluding tert-OH is 1. The molecule has 114 valence electrons. The molecule has 1 N–H and O–H groups in total. The number of rotatable bonds is 3. The number of carbonyl (C=O) groups excluding carboxylic acids is 1. The van der Waals surface area contributed by atoms with Gasteiger partial charge in [-0.2, -0.15) is 0 Å². The van der Waals surface area contributed by atoms with E-state index >= 15 is 0 Å². The Labute approximate surface area is 130 Å². The molecule has 0 radical (unpaired) electrons. The Morgan fingerprint density at radius 1 is 1.38 bits per heavy atom. The van der Waals surface area contributed by atoms with E-state index in [2.05, 4.69) is 13.8 Å². The van der Waals surface area contributed by atoms with Crippen molar-refractivity contribution in [1.82, 2.24) is 4.90 Å². The van der Waals surface area contributed by atoms with E-state index in [1.807, 2.05) is 35.4 Å². The van der Waals surface area contributed by atoms with Gasteiger partial charge in [-0.1, -0.05) is 13.8 Å². The lowest BCUT2D eigenvalue weighted by molar-refractivity contribution is -0.0976. The predicted octanol–water partition coefficient (Wildman–Crippen LogP) is 2.89. The average molecular weight is 305 g/mol. The molecule has 1 heterocycles. The first-order chi connectivity index (χ1) is 9.92. The number of hydrogen-bond acceptors (Lipinski definition) is 3. The van der Waals surface area contributed by atoms with Crippen molar-refractivity contribution in [2.45, 2.75) is 25.2 Å². The van der Waals surface area contributed by atoms with Crippen LogP contribution >= 0.6 is 11.8 Å². The van der Waals surface area contributed by atoms with Crippen molar-refractivity contribution >= 4 is 17.7 Å². The van der Waals surface area contributed by atoms with Crippen LogP contribution in [0.3, 0.4) is 0 Å². The number of aliphatic hydroxyl groups is 1. The van der Waals surface area contributed by atoms with Gasteiger partial charge in [0.2, 0.25) is 0 Å². The van der Waals surface area contributed by atoms with Crippen LogP contribution in [-0.4, -0.2) is 41.9 Å². The lowest BCUT2D eigenvalue weighted by Crippen LogP contribution is -2.54. The smallest absolute Gasteiger partial charge is 0.253 e. The number of carbonyl (C=O) groups is 1. The van der Waals surface area contributed by atoms with Gasteiger partial charge in [0.05, 0.1) is 6.61 Å². The van der Waals surface area contributed by atoms with E-state index in [0.29, 0.717) is 12.5 Å². The molecule has 3 rings (SSSR count). The maximum absolute atomic E-state index is 12.7.